The van der Waals surface area contributed by atoms with Crippen LogP contribution in [0.1, 0.15) is 5.56 Å². The molecule has 0 saturated heterocycles. The fourth-order valence-corrected chi connectivity index (χ4v) is 1.90. The van der Waals surface area contributed by atoms with Gasteiger partial charge in [0.25, 0.3) is 9.05 Å². The zero-order valence-corrected chi connectivity index (χ0v) is 10.1. The van der Waals surface area contributed by atoms with Gasteiger partial charge in [-0.1, -0.05) is 0 Å². The Hall–Kier alpha value is -1.08. The third-order valence-corrected chi connectivity index (χ3v) is 3.15. The van der Waals surface area contributed by atoms with Gasteiger partial charge in [-0.15, -0.1) is 0 Å². The third kappa shape index (κ3) is 4.35. The van der Waals surface area contributed by atoms with Crippen LogP contribution < -0.4 is 0 Å². The molecular formula is C9H7ClF3NO2S. The van der Waals surface area contributed by atoms with Gasteiger partial charge in [0.1, 0.15) is 6.21 Å². The van der Waals surface area contributed by atoms with Crippen molar-refractivity contribution in [1.82, 2.24) is 0 Å². The normalized spacial score (nSPS) is 13.2. The first-order chi connectivity index (χ1) is 7.59. The quantitative estimate of drug-likeness (QED) is 0.619. The average Bonchev–Trinajstić information content (AvgIpc) is 2.12. The molecule has 94 valence electrons. The number of benzene rings is 1. The Morgan fingerprint density at radius 3 is 2.35 bits per heavy atom. The summed E-state index contributed by atoms with van der Waals surface area (Å²) >= 11 is 0. The molecule has 3 nitrogen and oxygen atoms in total. The lowest BCUT2D eigenvalue weighted by atomic mass is 10.2. The fourth-order valence-electron chi connectivity index (χ4n) is 1.07. The van der Waals surface area contributed by atoms with E-state index in [1.165, 1.54) is 6.92 Å². The van der Waals surface area contributed by atoms with Gasteiger partial charge in [-0.2, -0.15) is 13.2 Å². The van der Waals surface area contributed by atoms with Crippen LogP contribution in [0.4, 0.5) is 18.9 Å². The van der Waals surface area contributed by atoms with Crippen molar-refractivity contribution in [3.05, 3.63) is 23.8 Å². The second kappa shape index (κ2) is 4.66. The number of aryl methyl sites for hydroxylation is 1. The molecule has 0 fully saturated rings. The van der Waals surface area contributed by atoms with Crippen LogP contribution in [0.15, 0.2) is 28.1 Å². The fraction of sp³-hybridized carbons (Fsp3) is 0.222. The van der Waals surface area contributed by atoms with Crippen molar-refractivity contribution >= 4 is 31.6 Å². The number of alkyl halides is 3. The molecule has 0 unspecified atom stereocenters. The average molecular weight is 286 g/mol. The van der Waals surface area contributed by atoms with Crippen molar-refractivity contribution < 1.29 is 21.6 Å². The Balaban J connectivity index is 3.12. The van der Waals surface area contributed by atoms with Crippen LogP contribution in [0.25, 0.3) is 0 Å². The number of aliphatic imine (C=N–C) groups is 1. The highest BCUT2D eigenvalue weighted by Crippen LogP contribution is 2.25. The summed E-state index contributed by atoms with van der Waals surface area (Å²) in [5, 5.41) is 0. The molecule has 0 atom stereocenters. The van der Waals surface area contributed by atoms with Crippen LogP contribution in [0.3, 0.4) is 0 Å². The molecule has 0 aromatic heterocycles. The second-order valence-corrected chi connectivity index (χ2v) is 5.75. The summed E-state index contributed by atoms with van der Waals surface area (Å²) in [6, 6.07) is 3.41. The van der Waals surface area contributed by atoms with E-state index in [9.17, 15) is 21.6 Å². The number of hydrogen-bond acceptors (Lipinski definition) is 3. The smallest absolute Gasteiger partial charge is 0.252 e. The summed E-state index contributed by atoms with van der Waals surface area (Å²) in [7, 11) is 1.20. The van der Waals surface area contributed by atoms with E-state index in [0.29, 0.717) is 0 Å². The monoisotopic (exact) mass is 285 g/mol. The maximum atomic E-state index is 11.9. The van der Waals surface area contributed by atoms with E-state index in [1.54, 1.807) is 0 Å². The minimum atomic E-state index is -4.51. The molecule has 1 aromatic carbocycles. The third-order valence-electron chi connectivity index (χ3n) is 1.80. The van der Waals surface area contributed by atoms with Crippen LogP contribution in [0.2, 0.25) is 0 Å². The Kier molecular flexibility index (Phi) is 3.83. The predicted molar refractivity (Wildman–Crippen MR) is 58.4 cm³/mol. The maximum absolute atomic E-state index is 11.9. The van der Waals surface area contributed by atoms with Crippen LogP contribution in [0.5, 0.6) is 0 Å². The number of rotatable bonds is 2. The van der Waals surface area contributed by atoms with Crippen molar-refractivity contribution in [2.24, 2.45) is 4.99 Å². The van der Waals surface area contributed by atoms with E-state index in [2.05, 4.69) is 4.99 Å². The molecule has 0 aliphatic rings. The summed E-state index contributed by atoms with van der Waals surface area (Å²) in [6.45, 7) is 1.44. The summed E-state index contributed by atoms with van der Waals surface area (Å²) in [5.41, 5.74) is 0.318. The Morgan fingerprint density at radius 2 is 1.94 bits per heavy atom. The van der Waals surface area contributed by atoms with Gasteiger partial charge in [0.05, 0.1) is 10.6 Å². The van der Waals surface area contributed by atoms with Gasteiger partial charge < -0.3 is 0 Å². The molecule has 8 heteroatoms. The number of hydrogen-bond donors (Lipinski definition) is 0. The summed E-state index contributed by atoms with van der Waals surface area (Å²) in [5.74, 6) is 0. The van der Waals surface area contributed by atoms with Crippen molar-refractivity contribution in [3.8, 4) is 0 Å². The van der Waals surface area contributed by atoms with Crippen LogP contribution in [-0.2, 0) is 9.05 Å². The number of nitrogens with zero attached hydrogens (tertiary/aromatic N) is 1. The zero-order chi connectivity index (χ0) is 13.3. The van der Waals surface area contributed by atoms with E-state index < -0.39 is 15.2 Å². The van der Waals surface area contributed by atoms with E-state index in [0.717, 1.165) is 18.2 Å². The van der Waals surface area contributed by atoms with E-state index >= 15 is 0 Å². The molecule has 1 aromatic rings. The van der Waals surface area contributed by atoms with Crippen molar-refractivity contribution in [2.45, 2.75) is 18.0 Å². The Bertz CT molecular complexity index is 552. The molecular weight excluding hydrogens is 279 g/mol. The van der Waals surface area contributed by atoms with Crippen LogP contribution in [0, 0.1) is 6.92 Å². The standard InChI is InChI=1S/C9H7ClF3NO2S/c1-6-4-7(17(10,15)16)2-3-8(6)14-5-9(11,12)13/h2-5H,1H3. The van der Waals surface area contributed by atoms with E-state index in [-0.39, 0.29) is 22.4 Å². The topological polar surface area (TPSA) is 46.5 Å². The Morgan fingerprint density at radius 1 is 1.35 bits per heavy atom. The van der Waals surface area contributed by atoms with Crippen LogP contribution in [-0.4, -0.2) is 20.8 Å². The Labute approximate surface area is 100 Å². The molecule has 0 aliphatic carbocycles. The molecule has 0 N–H and O–H groups in total. The molecule has 0 bridgehead atoms. The van der Waals surface area contributed by atoms with Gasteiger partial charge in [-0.25, -0.2) is 8.42 Å². The van der Waals surface area contributed by atoms with E-state index in [4.69, 9.17) is 10.7 Å². The van der Waals surface area contributed by atoms with Crippen LogP contribution >= 0.6 is 10.7 Å². The van der Waals surface area contributed by atoms with E-state index in [1.807, 2.05) is 0 Å². The van der Waals surface area contributed by atoms with Gasteiger partial charge in [0, 0.05) is 10.7 Å². The summed E-state index contributed by atoms with van der Waals surface area (Å²) in [6.07, 6.45) is -4.67. The lowest BCUT2D eigenvalue weighted by molar-refractivity contribution is -0.0535. The SMILES string of the molecule is Cc1cc(S(=O)(=O)Cl)ccc1N=CC(F)(F)F. The van der Waals surface area contributed by atoms with Gasteiger partial charge in [-0.05, 0) is 30.7 Å². The minimum absolute atomic E-state index is 0.0337. The molecule has 0 aliphatic heterocycles. The zero-order valence-electron chi connectivity index (χ0n) is 8.49. The second-order valence-electron chi connectivity index (χ2n) is 3.19. The lowest BCUT2D eigenvalue weighted by Crippen LogP contribution is -2.08. The van der Waals surface area contributed by atoms with Gasteiger partial charge in [-0.3, -0.25) is 4.99 Å². The largest absolute Gasteiger partial charge is 0.426 e. The maximum Gasteiger partial charge on any atom is 0.426 e. The first-order valence-corrected chi connectivity index (χ1v) is 6.58. The molecule has 0 heterocycles. The van der Waals surface area contributed by atoms with Crippen molar-refractivity contribution in [1.29, 1.82) is 0 Å². The minimum Gasteiger partial charge on any atom is -0.252 e. The summed E-state index contributed by atoms with van der Waals surface area (Å²) in [4.78, 5) is 3.03. The van der Waals surface area contributed by atoms with Crippen molar-refractivity contribution in [3.63, 3.8) is 0 Å². The first kappa shape index (κ1) is 14.0. The predicted octanol–water partition coefficient (Wildman–Crippen LogP) is 3.19. The van der Waals surface area contributed by atoms with Crippen molar-refractivity contribution in [2.75, 3.05) is 0 Å². The molecule has 0 spiro atoms. The van der Waals surface area contributed by atoms with Gasteiger partial charge in [0.15, 0.2) is 0 Å². The highest BCUT2D eigenvalue weighted by atomic mass is 35.7. The molecule has 0 saturated carbocycles. The highest BCUT2D eigenvalue weighted by molar-refractivity contribution is 8.13. The summed E-state index contributed by atoms with van der Waals surface area (Å²) < 4.78 is 57.5. The first-order valence-electron chi connectivity index (χ1n) is 4.27. The molecule has 0 radical (unpaired) electrons. The molecule has 0 amide bonds. The highest BCUT2D eigenvalue weighted by Gasteiger charge is 2.23. The number of halogens is 4. The molecule has 17 heavy (non-hydrogen) atoms. The molecule has 1 rings (SSSR count). The van der Waals surface area contributed by atoms with Gasteiger partial charge in [0.2, 0.25) is 0 Å². The van der Waals surface area contributed by atoms with Gasteiger partial charge >= 0.3 is 6.18 Å². The lowest BCUT2D eigenvalue weighted by Gasteiger charge is -2.03.